The van der Waals surface area contributed by atoms with E-state index in [4.69, 9.17) is 0 Å². The van der Waals surface area contributed by atoms with Crippen molar-refractivity contribution in [2.24, 2.45) is 5.92 Å². The lowest BCUT2D eigenvalue weighted by Crippen LogP contribution is -2.02. The Morgan fingerprint density at radius 1 is 1.33 bits per heavy atom. The first-order valence-electron chi connectivity index (χ1n) is 4.65. The van der Waals surface area contributed by atoms with Gasteiger partial charge < -0.3 is 4.79 Å². The van der Waals surface area contributed by atoms with Gasteiger partial charge in [-0.2, -0.15) is 0 Å². The Kier molecular flexibility index (Phi) is 7.97. The van der Waals surface area contributed by atoms with Gasteiger partial charge in [-0.25, -0.2) is 0 Å². The van der Waals surface area contributed by atoms with Gasteiger partial charge in [0.2, 0.25) is 0 Å². The quantitative estimate of drug-likeness (QED) is 0.412. The summed E-state index contributed by atoms with van der Waals surface area (Å²) >= 11 is 0. The lowest BCUT2D eigenvalue weighted by molar-refractivity contribution is -0.111. The SMILES string of the molecule is CCCCCCC(C=O)C[C]=O. The van der Waals surface area contributed by atoms with Crippen LogP contribution >= 0.6 is 0 Å². The van der Waals surface area contributed by atoms with E-state index in [2.05, 4.69) is 6.92 Å². The van der Waals surface area contributed by atoms with Crippen molar-refractivity contribution in [1.82, 2.24) is 0 Å². The van der Waals surface area contributed by atoms with Gasteiger partial charge >= 0.3 is 0 Å². The fourth-order valence-electron chi connectivity index (χ4n) is 1.16. The van der Waals surface area contributed by atoms with E-state index in [0.29, 0.717) is 0 Å². The summed E-state index contributed by atoms with van der Waals surface area (Å²) < 4.78 is 0. The highest BCUT2D eigenvalue weighted by atomic mass is 16.1. The van der Waals surface area contributed by atoms with Crippen LogP contribution in [0, 0.1) is 5.92 Å². The van der Waals surface area contributed by atoms with E-state index in [0.717, 1.165) is 19.1 Å². The third-order valence-corrected chi connectivity index (χ3v) is 1.97. The fourth-order valence-corrected chi connectivity index (χ4v) is 1.16. The second kappa shape index (κ2) is 8.44. The zero-order chi connectivity index (χ0) is 9.23. The molecule has 0 aliphatic heterocycles. The van der Waals surface area contributed by atoms with Crippen molar-refractivity contribution in [3.05, 3.63) is 0 Å². The molecule has 0 aromatic heterocycles. The Morgan fingerprint density at radius 2 is 2.08 bits per heavy atom. The summed E-state index contributed by atoms with van der Waals surface area (Å²) in [6.45, 7) is 2.15. The predicted octanol–water partition coefficient (Wildman–Crippen LogP) is 2.27. The molecular formula is C10H17O2. The van der Waals surface area contributed by atoms with Gasteiger partial charge in [0, 0.05) is 12.3 Å². The first-order valence-corrected chi connectivity index (χ1v) is 4.65. The topological polar surface area (TPSA) is 34.1 Å². The number of carbonyl (C=O) groups is 1. The maximum atomic E-state index is 10.4. The molecule has 0 saturated carbocycles. The van der Waals surface area contributed by atoms with Gasteiger partial charge in [0.05, 0.1) is 0 Å². The average molecular weight is 169 g/mol. The summed E-state index contributed by atoms with van der Waals surface area (Å²) in [7, 11) is 0. The monoisotopic (exact) mass is 169 g/mol. The van der Waals surface area contributed by atoms with Crippen LogP contribution in [0.3, 0.4) is 0 Å². The Labute approximate surface area is 74.3 Å². The van der Waals surface area contributed by atoms with Crippen molar-refractivity contribution in [2.45, 2.75) is 45.4 Å². The predicted molar refractivity (Wildman–Crippen MR) is 48.6 cm³/mol. The van der Waals surface area contributed by atoms with Gasteiger partial charge in [0.15, 0.2) is 6.29 Å². The summed E-state index contributed by atoms with van der Waals surface area (Å²) in [6, 6.07) is 0. The van der Waals surface area contributed by atoms with Gasteiger partial charge in [-0.05, 0) is 6.42 Å². The molecular weight excluding hydrogens is 152 g/mol. The molecule has 12 heavy (non-hydrogen) atoms. The van der Waals surface area contributed by atoms with Gasteiger partial charge in [0.25, 0.3) is 0 Å². The van der Waals surface area contributed by atoms with E-state index in [9.17, 15) is 9.59 Å². The molecule has 1 radical (unpaired) electrons. The maximum Gasteiger partial charge on any atom is 0.199 e. The average Bonchev–Trinajstić information content (AvgIpc) is 2.10. The highest BCUT2D eigenvalue weighted by Crippen LogP contribution is 2.10. The van der Waals surface area contributed by atoms with Crippen molar-refractivity contribution in [3.63, 3.8) is 0 Å². The molecule has 0 fully saturated rings. The van der Waals surface area contributed by atoms with E-state index < -0.39 is 0 Å². The lowest BCUT2D eigenvalue weighted by atomic mass is 10.00. The molecule has 69 valence electrons. The Bertz CT molecular complexity index is 121. The minimum atomic E-state index is -0.0839. The number of carbonyl (C=O) groups excluding carboxylic acids is 2. The molecule has 0 aromatic carbocycles. The molecule has 0 aliphatic rings. The Balaban J connectivity index is 3.31. The third kappa shape index (κ3) is 6.08. The highest BCUT2D eigenvalue weighted by molar-refractivity contribution is 5.62. The molecule has 0 saturated heterocycles. The molecule has 0 amide bonds. The number of hydrogen-bond donors (Lipinski definition) is 0. The van der Waals surface area contributed by atoms with Crippen molar-refractivity contribution in [3.8, 4) is 0 Å². The summed E-state index contributed by atoms with van der Waals surface area (Å²) in [5.74, 6) is -0.0839. The summed E-state index contributed by atoms with van der Waals surface area (Å²) in [4.78, 5) is 20.4. The van der Waals surface area contributed by atoms with Crippen LogP contribution in [0.5, 0.6) is 0 Å². The molecule has 1 unspecified atom stereocenters. The first-order chi connectivity index (χ1) is 5.85. The number of hydrogen-bond acceptors (Lipinski definition) is 2. The zero-order valence-electron chi connectivity index (χ0n) is 7.71. The summed E-state index contributed by atoms with van der Waals surface area (Å²) in [6.07, 6.45) is 8.41. The second-order valence-electron chi connectivity index (χ2n) is 3.09. The second-order valence-corrected chi connectivity index (χ2v) is 3.09. The number of rotatable bonds is 8. The van der Waals surface area contributed by atoms with E-state index in [1.807, 2.05) is 0 Å². The molecule has 0 bridgehead atoms. The Hall–Kier alpha value is -0.660. The first kappa shape index (κ1) is 11.3. The molecule has 0 heterocycles. The zero-order valence-corrected chi connectivity index (χ0v) is 7.71. The molecule has 0 spiro atoms. The standard InChI is InChI=1S/C10H17O2/c1-2-3-4-5-6-10(9-12)7-8-11/h9-10H,2-7H2,1H3. The van der Waals surface area contributed by atoms with E-state index in [-0.39, 0.29) is 12.3 Å². The van der Waals surface area contributed by atoms with Gasteiger partial charge in [-0.1, -0.05) is 32.6 Å². The van der Waals surface area contributed by atoms with Gasteiger partial charge in [-0.3, -0.25) is 4.79 Å². The van der Waals surface area contributed by atoms with Crippen molar-refractivity contribution < 1.29 is 9.59 Å². The van der Waals surface area contributed by atoms with Crippen LogP contribution in [0.1, 0.15) is 45.4 Å². The minimum absolute atomic E-state index is 0.0839. The lowest BCUT2D eigenvalue weighted by Gasteiger charge is -2.04. The van der Waals surface area contributed by atoms with Crippen LogP contribution in [0.2, 0.25) is 0 Å². The molecule has 0 N–H and O–H groups in total. The largest absolute Gasteiger partial charge is 0.303 e. The van der Waals surface area contributed by atoms with Crippen LogP contribution in [0.4, 0.5) is 0 Å². The highest BCUT2D eigenvalue weighted by Gasteiger charge is 2.05. The fraction of sp³-hybridized carbons (Fsp3) is 0.800. The molecule has 0 rings (SSSR count). The number of aldehydes is 1. The molecule has 2 nitrogen and oxygen atoms in total. The van der Waals surface area contributed by atoms with Crippen LogP contribution in [0.15, 0.2) is 0 Å². The van der Waals surface area contributed by atoms with Crippen LogP contribution in [-0.2, 0) is 9.59 Å². The minimum Gasteiger partial charge on any atom is -0.303 e. The van der Waals surface area contributed by atoms with E-state index >= 15 is 0 Å². The molecule has 1 atom stereocenters. The summed E-state index contributed by atoms with van der Waals surface area (Å²) in [5, 5.41) is 0. The molecule has 0 aliphatic carbocycles. The molecule has 2 heteroatoms. The van der Waals surface area contributed by atoms with Gasteiger partial charge in [-0.15, -0.1) is 0 Å². The van der Waals surface area contributed by atoms with Crippen molar-refractivity contribution in [2.75, 3.05) is 0 Å². The van der Waals surface area contributed by atoms with Crippen LogP contribution in [-0.4, -0.2) is 12.6 Å². The van der Waals surface area contributed by atoms with Crippen LogP contribution in [0.25, 0.3) is 0 Å². The Morgan fingerprint density at radius 3 is 2.58 bits per heavy atom. The smallest absolute Gasteiger partial charge is 0.199 e. The normalized spacial score (nSPS) is 12.4. The van der Waals surface area contributed by atoms with Gasteiger partial charge in [0.1, 0.15) is 6.29 Å². The summed E-state index contributed by atoms with van der Waals surface area (Å²) in [5.41, 5.74) is 0. The molecule has 0 aromatic rings. The van der Waals surface area contributed by atoms with E-state index in [1.54, 1.807) is 6.29 Å². The number of unbranched alkanes of at least 4 members (excludes halogenated alkanes) is 3. The van der Waals surface area contributed by atoms with E-state index in [1.165, 1.54) is 19.3 Å². The van der Waals surface area contributed by atoms with Crippen molar-refractivity contribution in [1.29, 1.82) is 0 Å². The maximum absolute atomic E-state index is 10.4. The van der Waals surface area contributed by atoms with Crippen LogP contribution < -0.4 is 0 Å². The van der Waals surface area contributed by atoms with Crippen molar-refractivity contribution >= 4 is 12.6 Å². The third-order valence-electron chi connectivity index (χ3n) is 1.97.